The minimum absolute atomic E-state index is 0.0921. The Kier molecular flexibility index (Phi) is 5.60. The lowest BCUT2D eigenvalue weighted by molar-refractivity contribution is -0.132. The molecule has 6 heteroatoms. The maximum absolute atomic E-state index is 13.1. The molecule has 0 fully saturated rings. The van der Waals surface area contributed by atoms with Gasteiger partial charge in [-0.25, -0.2) is 4.39 Å². The summed E-state index contributed by atoms with van der Waals surface area (Å²) in [7, 11) is 0. The van der Waals surface area contributed by atoms with Gasteiger partial charge >= 0.3 is 0 Å². The number of rotatable bonds is 6. The molecule has 4 rings (SSSR count). The van der Waals surface area contributed by atoms with Crippen LogP contribution in [0.25, 0.3) is 11.3 Å². The van der Waals surface area contributed by atoms with E-state index in [0.717, 1.165) is 22.6 Å². The van der Waals surface area contributed by atoms with E-state index in [0.29, 0.717) is 44.7 Å². The number of carbonyl (C=O) groups excluding carboxylic acids is 1. The largest absolute Gasteiger partial charge is 0.494 e. The third kappa shape index (κ3) is 4.47. The fraction of sp³-hybridized carbons (Fsp3) is 0.304. The van der Waals surface area contributed by atoms with E-state index in [4.69, 9.17) is 9.26 Å². The summed E-state index contributed by atoms with van der Waals surface area (Å²) in [6, 6.07) is 14.1. The number of amides is 1. The Morgan fingerprint density at radius 3 is 2.69 bits per heavy atom. The van der Waals surface area contributed by atoms with Crippen molar-refractivity contribution in [2.24, 2.45) is 0 Å². The first-order chi connectivity index (χ1) is 14.1. The second-order valence-corrected chi connectivity index (χ2v) is 7.27. The van der Waals surface area contributed by atoms with Crippen LogP contribution in [-0.4, -0.2) is 29.1 Å². The van der Waals surface area contributed by atoms with Crippen LogP contribution in [0.15, 0.2) is 53.1 Å². The van der Waals surface area contributed by atoms with Crippen LogP contribution in [0.3, 0.4) is 0 Å². The normalized spacial score (nSPS) is 13.2. The molecule has 0 atom stereocenters. The summed E-state index contributed by atoms with van der Waals surface area (Å²) in [5.41, 5.74) is 3.77. The average molecular weight is 394 g/mol. The van der Waals surface area contributed by atoms with Crippen LogP contribution >= 0.6 is 0 Å². The van der Waals surface area contributed by atoms with Crippen molar-refractivity contribution in [3.63, 3.8) is 0 Å². The summed E-state index contributed by atoms with van der Waals surface area (Å²) in [5, 5.41) is 4.14. The molecular formula is C23H23FN2O3. The lowest BCUT2D eigenvalue weighted by Gasteiger charge is -2.26. The minimum Gasteiger partial charge on any atom is -0.494 e. The highest BCUT2D eigenvalue weighted by molar-refractivity contribution is 5.76. The van der Waals surface area contributed by atoms with E-state index >= 15 is 0 Å². The molecule has 5 nitrogen and oxygen atoms in total. The zero-order valence-electron chi connectivity index (χ0n) is 16.4. The maximum Gasteiger partial charge on any atom is 0.223 e. The number of benzene rings is 2. The summed E-state index contributed by atoms with van der Waals surface area (Å²) in [6.07, 6.45) is 1.77. The van der Waals surface area contributed by atoms with Crippen LogP contribution < -0.4 is 4.74 Å². The first-order valence-corrected chi connectivity index (χ1v) is 9.81. The molecular weight excluding hydrogens is 371 g/mol. The molecule has 0 N–H and O–H groups in total. The van der Waals surface area contributed by atoms with Crippen molar-refractivity contribution in [1.82, 2.24) is 10.1 Å². The third-order valence-corrected chi connectivity index (χ3v) is 5.13. The lowest BCUT2D eigenvalue weighted by atomic mass is 10.0. The van der Waals surface area contributed by atoms with E-state index in [2.05, 4.69) is 5.16 Å². The van der Waals surface area contributed by atoms with E-state index in [1.165, 1.54) is 17.7 Å². The molecule has 0 bridgehead atoms. The fourth-order valence-corrected chi connectivity index (χ4v) is 3.48. The molecule has 1 aliphatic heterocycles. The highest BCUT2D eigenvalue weighted by Crippen LogP contribution is 2.30. The highest BCUT2D eigenvalue weighted by atomic mass is 19.1. The number of aryl methyl sites for hydroxylation is 1. The molecule has 0 saturated heterocycles. The molecule has 29 heavy (non-hydrogen) atoms. The Labute approximate surface area is 169 Å². The number of fused-ring (bicyclic) bond motifs is 1. The molecule has 0 unspecified atom stereocenters. The summed E-state index contributed by atoms with van der Waals surface area (Å²) in [6.45, 7) is 3.61. The minimum atomic E-state index is -0.287. The van der Waals surface area contributed by atoms with Gasteiger partial charge in [-0.05, 0) is 56.2 Å². The van der Waals surface area contributed by atoms with E-state index < -0.39 is 0 Å². The second kappa shape index (κ2) is 8.47. The van der Waals surface area contributed by atoms with E-state index in [-0.39, 0.29) is 11.7 Å². The number of aromatic nitrogens is 1. The number of ether oxygens (including phenoxy) is 1. The number of halogens is 1. The van der Waals surface area contributed by atoms with Gasteiger partial charge in [-0.1, -0.05) is 22.9 Å². The Morgan fingerprint density at radius 1 is 1.17 bits per heavy atom. The quantitative estimate of drug-likeness (QED) is 0.576. The lowest BCUT2D eigenvalue weighted by Crippen LogP contribution is -2.36. The maximum atomic E-state index is 13.1. The molecule has 0 radical (unpaired) electrons. The van der Waals surface area contributed by atoms with Crippen molar-refractivity contribution >= 4 is 5.91 Å². The molecule has 1 aliphatic rings. The van der Waals surface area contributed by atoms with Gasteiger partial charge in [0, 0.05) is 24.1 Å². The smallest absolute Gasteiger partial charge is 0.223 e. The van der Waals surface area contributed by atoms with E-state index in [1.54, 1.807) is 12.1 Å². The van der Waals surface area contributed by atoms with Gasteiger partial charge in [0.2, 0.25) is 5.91 Å². The van der Waals surface area contributed by atoms with Gasteiger partial charge in [-0.15, -0.1) is 0 Å². The topological polar surface area (TPSA) is 55.6 Å². The molecule has 1 aromatic heterocycles. The van der Waals surface area contributed by atoms with Gasteiger partial charge < -0.3 is 14.2 Å². The summed E-state index contributed by atoms with van der Waals surface area (Å²) >= 11 is 0. The van der Waals surface area contributed by atoms with Crippen LogP contribution in [0.2, 0.25) is 0 Å². The van der Waals surface area contributed by atoms with Crippen LogP contribution in [0.1, 0.15) is 29.7 Å². The fourth-order valence-electron chi connectivity index (χ4n) is 3.48. The van der Waals surface area contributed by atoms with Crippen molar-refractivity contribution in [2.45, 2.75) is 32.7 Å². The highest BCUT2D eigenvalue weighted by Gasteiger charge is 2.27. The Balaban J connectivity index is 1.30. The molecule has 0 saturated carbocycles. The number of hydrogen-bond donors (Lipinski definition) is 0. The predicted molar refractivity (Wildman–Crippen MR) is 107 cm³/mol. The zero-order chi connectivity index (χ0) is 20.2. The van der Waals surface area contributed by atoms with Crippen LogP contribution in [0.5, 0.6) is 5.75 Å². The third-order valence-electron chi connectivity index (χ3n) is 5.13. The Bertz CT molecular complexity index is 980. The van der Waals surface area contributed by atoms with Crippen molar-refractivity contribution < 1.29 is 18.4 Å². The SMILES string of the molecule is Cc1ccc(OCCCC(=O)N2CCc3c(noc3-c3ccc(F)cc3)C2)cc1. The summed E-state index contributed by atoms with van der Waals surface area (Å²) in [4.78, 5) is 14.4. The molecule has 2 heterocycles. The van der Waals surface area contributed by atoms with Crippen molar-refractivity contribution in [3.8, 4) is 17.1 Å². The van der Waals surface area contributed by atoms with Crippen molar-refractivity contribution in [3.05, 3.63) is 71.2 Å². The standard InChI is InChI=1S/C23H23FN2O3/c1-16-4-10-19(11-5-16)28-14-2-3-22(27)26-13-12-20-21(15-26)25-29-23(20)17-6-8-18(24)9-7-17/h4-11H,2-3,12-15H2,1H3. The van der Waals surface area contributed by atoms with Gasteiger partial charge in [0.05, 0.1) is 13.2 Å². The van der Waals surface area contributed by atoms with Crippen molar-refractivity contribution in [1.29, 1.82) is 0 Å². The van der Waals surface area contributed by atoms with Gasteiger partial charge in [-0.2, -0.15) is 0 Å². The number of hydrogen-bond acceptors (Lipinski definition) is 4. The molecule has 3 aromatic rings. The van der Waals surface area contributed by atoms with Gasteiger partial charge in [0.15, 0.2) is 5.76 Å². The molecule has 2 aromatic carbocycles. The van der Waals surface area contributed by atoms with Crippen molar-refractivity contribution in [2.75, 3.05) is 13.2 Å². The molecule has 0 aliphatic carbocycles. The first-order valence-electron chi connectivity index (χ1n) is 9.81. The van der Waals surface area contributed by atoms with Gasteiger partial charge in [0.1, 0.15) is 17.3 Å². The van der Waals surface area contributed by atoms with Crippen LogP contribution in [0, 0.1) is 12.7 Å². The van der Waals surface area contributed by atoms with E-state index in [9.17, 15) is 9.18 Å². The zero-order valence-corrected chi connectivity index (χ0v) is 16.4. The Morgan fingerprint density at radius 2 is 1.93 bits per heavy atom. The average Bonchev–Trinajstić information content (AvgIpc) is 3.16. The molecule has 0 spiro atoms. The second-order valence-electron chi connectivity index (χ2n) is 7.27. The van der Waals surface area contributed by atoms with Gasteiger partial charge in [0.25, 0.3) is 0 Å². The van der Waals surface area contributed by atoms with Crippen LogP contribution in [0.4, 0.5) is 4.39 Å². The summed E-state index contributed by atoms with van der Waals surface area (Å²) < 4.78 is 24.3. The molecule has 1 amide bonds. The summed E-state index contributed by atoms with van der Waals surface area (Å²) in [5.74, 6) is 1.29. The van der Waals surface area contributed by atoms with Crippen LogP contribution in [-0.2, 0) is 17.8 Å². The van der Waals surface area contributed by atoms with E-state index in [1.807, 2.05) is 36.1 Å². The number of nitrogens with zero attached hydrogens (tertiary/aromatic N) is 2. The monoisotopic (exact) mass is 394 g/mol. The first kappa shape index (κ1) is 19.2. The Hall–Kier alpha value is -3.15. The molecule has 150 valence electrons. The predicted octanol–water partition coefficient (Wildman–Crippen LogP) is 4.53. The number of carbonyl (C=O) groups is 1. The van der Waals surface area contributed by atoms with Gasteiger partial charge in [-0.3, -0.25) is 4.79 Å².